The normalized spacial score (nSPS) is 18.7. The Bertz CT molecular complexity index is 416. The number of halogens is 1. The fourth-order valence-electron chi connectivity index (χ4n) is 2.00. The van der Waals surface area contributed by atoms with E-state index in [1.807, 2.05) is 7.05 Å². The van der Waals surface area contributed by atoms with Crippen LogP contribution < -0.4 is 10.6 Å². The molecule has 0 aliphatic carbocycles. The van der Waals surface area contributed by atoms with Crippen molar-refractivity contribution in [1.29, 1.82) is 0 Å². The zero-order chi connectivity index (χ0) is 13.5. The largest absolute Gasteiger partial charge is 0.355 e. The van der Waals surface area contributed by atoms with Crippen LogP contribution in [0, 0.1) is 0 Å². The molecule has 0 radical (unpaired) electrons. The van der Waals surface area contributed by atoms with Crippen LogP contribution >= 0.6 is 47.1 Å². The van der Waals surface area contributed by atoms with E-state index in [9.17, 15) is 0 Å². The minimum absolute atomic E-state index is 0. The van der Waals surface area contributed by atoms with Gasteiger partial charge in [-0.2, -0.15) is 11.8 Å². The number of rotatable bonds is 5. The maximum absolute atomic E-state index is 4.54. The van der Waals surface area contributed by atoms with E-state index in [0.717, 1.165) is 36.4 Å². The Hall–Kier alpha value is -0.0200. The summed E-state index contributed by atoms with van der Waals surface area (Å²) in [6.45, 7) is 3.88. The van der Waals surface area contributed by atoms with Gasteiger partial charge in [0.05, 0.1) is 17.2 Å². The molecule has 2 N–H and O–H groups in total. The number of thioether (sulfide) groups is 1. The van der Waals surface area contributed by atoms with E-state index < -0.39 is 0 Å². The molecular weight excluding hydrogens is 403 g/mol. The van der Waals surface area contributed by atoms with Gasteiger partial charge in [-0.15, -0.1) is 35.3 Å². The van der Waals surface area contributed by atoms with Crippen LogP contribution in [0.3, 0.4) is 0 Å². The van der Waals surface area contributed by atoms with Crippen molar-refractivity contribution in [2.45, 2.75) is 38.0 Å². The zero-order valence-corrected chi connectivity index (χ0v) is 16.0. The van der Waals surface area contributed by atoms with Crippen molar-refractivity contribution in [2.75, 3.05) is 19.3 Å². The molecule has 0 aromatic carbocycles. The van der Waals surface area contributed by atoms with Crippen molar-refractivity contribution >= 4 is 53.0 Å². The third-order valence-corrected chi connectivity index (χ3v) is 5.52. The smallest absolute Gasteiger partial charge is 0.191 e. The molecule has 2 rings (SSSR count). The van der Waals surface area contributed by atoms with Gasteiger partial charge < -0.3 is 10.6 Å². The van der Waals surface area contributed by atoms with Gasteiger partial charge in [-0.1, -0.05) is 6.92 Å². The average Bonchev–Trinajstić information content (AvgIpc) is 3.10. The minimum atomic E-state index is 0. The third-order valence-electron chi connectivity index (χ3n) is 3.08. The molecule has 1 unspecified atom stereocenters. The first-order valence-electron chi connectivity index (χ1n) is 6.81. The first-order valence-corrected chi connectivity index (χ1v) is 8.74. The quantitative estimate of drug-likeness (QED) is 0.432. The number of aryl methyl sites for hydroxylation is 1. The van der Waals surface area contributed by atoms with Crippen LogP contribution in [0.5, 0.6) is 0 Å². The molecular formula is C13H23IN4S2. The number of aromatic nitrogens is 1. The van der Waals surface area contributed by atoms with Gasteiger partial charge in [-0.25, -0.2) is 4.98 Å². The third kappa shape index (κ3) is 5.77. The summed E-state index contributed by atoms with van der Waals surface area (Å²) in [4.78, 5) is 8.79. The number of hydrogen-bond donors (Lipinski definition) is 2. The van der Waals surface area contributed by atoms with Gasteiger partial charge in [-0.05, 0) is 25.0 Å². The van der Waals surface area contributed by atoms with Crippen molar-refractivity contribution in [3.8, 4) is 0 Å². The lowest BCUT2D eigenvalue weighted by Gasteiger charge is -2.14. The van der Waals surface area contributed by atoms with Gasteiger partial charge in [0.2, 0.25) is 0 Å². The van der Waals surface area contributed by atoms with E-state index in [1.165, 1.54) is 23.6 Å². The second-order valence-corrected chi connectivity index (χ2v) is 6.88. The highest BCUT2D eigenvalue weighted by Crippen LogP contribution is 2.25. The minimum Gasteiger partial charge on any atom is -0.355 e. The summed E-state index contributed by atoms with van der Waals surface area (Å²) in [5, 5.41) is 10.8. The van der Waals surface area contributed by atoms with E-state index in [1.54, 1.807) is 11.3 Å². The lowest BCUT2D eigenvalue weighted by Crippen LogP contribution is -2.39. The predicted octanol–water partition coefficient (Wildman–Crippen LogP) is 2.88. The highest BCUT2D eigenvalue weighted by Gasteiger charge is 2.15. The summed E-state index contributed by atoms with van der Waals surface area (Å²) in [7, 11) is 1.82. The molecule has 114 valence electrons. The highest BCUT2D eigenvalue weighted by molar-refractivity contribution is 14.0. The average molecular weight is 426 g/mol. The molecule has 0 saturated carbocycles. The molecule has 2 heterocycles. The Morgan fingerprint density at radius 1 is 1.50 bits per heavy atom. The second kappa shape index (κ2) is 9.83. The SMILES string of the molecule is CCc1nc(CNC(=NC)NCC2CCCS2)cs1.I. The number of nitrogens with zero attached hydrogens (tertiary/aromatic N) is 2. The first-order chi connectivity index (χ1) is 9.31. The molecule has 1 fully saturated rings. The molecule has 0 spiro atoms. The maximum atomic E-state index is 4.54. The van der Waals surface area contributed by atoms with Crippen LogP contribution in [0.2, 0.25) is 0 Å². The monoisotopic (exact) mass is 426 g/mol. The van der Waals surface area contributed by atoms with E-state index >= 15 is 0 Å². The molecule has 1 aromatic heterocycles. The van der Waals surface area contributed by atoms with E-state index in [4.69, 9.17) is 0 Å². The van der Waals surface area contributed by atoms with E-state index in [2.05, 4.69) is 44.7 Å². The summed E-state index contributed by atoms with van der Waals surface area (Å²) >= 11 is 3.79. The fraction of sp³-hybridized carbons (Fsp3) is 0.692. The Labute approximate surface area is 146 Å². The van der Waals surface area contributed by atoms with E-state index in [0.29, 0.717) is 0 Å². The molecule has 7 heteroatoms. The summed E-state index contributed by atoms with van der Waals surface area (Å²) in [5.41, 5.74) is 1.10. The Morgan fingerprint density at radius 3 is 2.95 bits per heavy atom. The van der Waals surface area contributed by atoms with Gasteiger partial charge >= 0.3 is 0 Å². The van der Waals surface area contributed by atoms with Crippen LogP contribution in [0.25, 0.3) is 0 Å². The van der Waals surface area contributed by atoms with E-state index in [-0.39, 0.29) is 24.0 Å². The molecule has 1 saturated heterocycles. The van der Waals surface area contributed by atoms with Gasteiger partial charge in [0.25, 0.3) is 0 Å². The fourth-order valence-corrected chi connectivity index (χ4v) is 3.95. The predicted molar refractivity (Wildman–Crippen MR) is 101 cm³/mol. The molecule has 0 amide bonds. The summed E-state index contributed by atoms with van der Waals surface area (Å²) < 4.78 is 0. The van der Waals surface area contributed by atoms with Crippen molar-refractivity contribution in [1.82, 2.24) is 15.6 Å². The number of thiazole rings is 1. The molecule has 0 bridgehead atoms. The summed E-state index contributed by atoms with van der Waals surface area (Å²) in [6.07, 6.45) is 3.68. The van der Waals surface area contributed by atoms with Crippen LogP contribution in [0.15, 0.2) is 10.4 Å². The zero-order valence-electron chi connectivity index (χ0n) is 12.0. The van der Waals surface area contributed by atoms with Crippen molar-refractivity contribution in [3.05, 3.63) is 16.1 Å². The molecule has 1 aromatic rings. The second-order valence-electron chi connectivity index (χ2n) is 4.53. The number of hydrogen-bond acceptors (Lipinski definition) is 4. The molecule has 1 atom stereocenters. The van der Waals surface area contributed by atoms with Crippen LogP contribution in [-0.2, 0) is 13.0 Å². The molecule has 1 aliphatic rings. The Balaban J connectivity index is 0.00000200. The van der Waals surface area contributed by atoms with Gasteiger partial charge in [-0.3, -0.25) is 4.99 Å². The number of nitrogens with one attached hydrogen (secondary N) is 2. The van der Waals surface area contributed by atoms with Crippen LogP contribution in [0.4, 0.5) is 0 Å². The van der Waals surface area contributed by atoms with Crippen molar-refractivity contribution < 1.29 is 0 Å². The summed E-state index contributed by atoms with van der Waals surface area (Å²) in [6, 6.07) is 0. The number of guanidine groups is 1. The standard InChI is InChI=1S/C13H22N4S2.HI/c1-3-12-17-10(9-19-12)7-15-13(14-2)16-8-11-5-4-6-18-11;/h9,11H,3-8H2,1-2H3,(H2,14,15,16);1H. The maximum Gasteiger partial charge on any atom is 0.191 e. The van der Waals surface area contributed by atoms with Gasteiger partial charge in [0, 0.05) is 24.2 Å². The lowest BCUT2D eigenvalue weighted by atomic mass is 10.2. The van der Waals surface area contributed by atoms with Gasteiger partial charge in [0.1, 0.15) is 0 Å². The topological polar surface area (TPSA) is 49.3 Å². The molecule has 4 nitrogen and oxygen atoms in total. The van der Waals surface area contributed by atoms with Gasteiger partial charge in [0.15, 0.2) is 5.96 Å². The number of aliphatic imine (C=N–C) groups is 1. The Morgan fingerprint density at radius 2 is 2.35 bits per heavy atom. The Kier molecular flexibility index (Phi) is 8.86. The van der Waals surface area contributed by atoms with Crippen LogP contribution in [-0.4, -0.2) is 35.5 Å². The van der Waals surface area contributed by atoms with Crippen LogP contribution in [0.1, 0.15) is 30.5 Å². The summed E-state index contributed by atoms with van der Waals surface area (Å²) in [5.74, 6) is 2.18. The van der Waals surface area contributed by atoms with Crippen molar-refractivity contribution in [2.24, 2.45) is 4.99 Å². The molecule has 20 heavy (non-hydrogen) atoms. The van der Waals surface area contributed by atoms with Crippen molar-refractivity contribution in [3.63, 3.8) is 0 Å². The lowest BCUT2D eigenvalue weighted by molar-refractivity contribution is 0.723. The highest BCUT2D eigenvalue weighted by atomic mass is 127. The molecule has 1 aliphatic heterocycles. The first kappa shape index (κ1) is 18.0.